The third-order valence-corrected chi connectivity index (χ3v) is 6.29. The molecule has 0 aliphatic carbocycles. The Morgan fingerprint density at radius 3 is 2.13 bits per heavy atom. The molecular weight excluding hydrogens is 416 g/mol. The van der Waals surface area contributed by atoms with Crippen molar-refractivity contribution in [2.45, 2.75) is 48.3 Å². The molecule has 0 aliphatic heterocycles. The molecule has 0 saturated carbocycles. The molecule has 6 heteroatoms. The molecule has 4 nitrogen and oxygen atoms in total. The van der Waals surface area contributed by atoms with Gasteiger partial charge in [-0.1, -0.05) is 43.3 Å². The highest BCUT2D eigenvalue weighted by Gasteiger charge is 2.24. The first kappa shape index (κ1) is 22.2. The van der Waals surface area contributed by atoms with Crippen LogP contribution < -0.4 is 9.47 Å². The van der Waals surface area contributed by atoms with Gasteiger partial charge in [-0.15, -0.1) is 11.8 Å². The second-order valence-corrected chi connectivity index (χ2v) is 8.69. The zero-order valence-electron chi connectivity index (χ0n) is 17.5. The molecule has 0 saturated heterocycles. The number of fused-ring (bicyclic) bond motifs is 1. The lowest BCUT2D eigenvalue weighted by Crippen LogP contribution is -2.09. The van der Waals surface area contributed by atoms with Crippen LogP contribution in [0.5, 0.6) is 11.5 Å². The Balaban J connectivity index is 2.39. The van der Waals surface area contributed by atoms with Crippen LogP contribution in [0.15, 0.2) is 63.2 Å². The molecule has 3 rings (SSSR count). The summed E-state index contributed by atoms with van der Waals surface area (Å²) in [5.41, 5.74) is 0.878. The number of benzene rings is 3. The van der Waals surface area contributed by atoms with E-state index < -0.39 is 0 Å². The first-order valence-electron chi connectivity index (χ1n) is 9.70. The van der Waals surface area contributed by atoms with Crippen molar-refractivity contribution in [1.29, 1.82) is 0 Å². The lowest BCUT2D eigenvalue weighted by molar-refractivity contribution is -0.133. The fourth-order valence-corrected chi connectivity index (χ4v) is 4.79. The smallest absolute Gasteiger partial charge is 0.308 e. The summed E-state index contributed by atoms with van der Waals surface area (Å²) in [6.45, 7) is 4.88. The summed E-state index contributed by atoms with van der Waals surface area (Å²) in [7, 11) is 0. The van der Waals surface area contributed by atoms with Gasteiger partial charge in [0, 0.05) is 40.0 Å². The zero-order chi connectivity index (χ0) is 21.7. The minimum atomic E-state index is -0.386. The summed E-state index contributed by atoms with van der Waals surface area (Å²) < 4.78 is 11.5. The highest BCUT2D eigenvalue weighted by atomic mass is 32.2. The fourth-order valence-electron chi connectivity index (χ4n) is 3.26. The predicted molar refractivity (Wildman–Crippen MR) is 123 cm³/mol. The minimum Gasteiger partial charge on any atom is -0.426 e. The van der Waals surface area contributed by atoms with E-state index in [1.807, 2.05) is 54.8 Å². The normalized spacial score (nSPS) is 10.8. The van der Waals surface area contributed by atoms with Crippen molar-refractivity contribution in [1.82, 2.24) is 0 Å². The van der Waals surface area contributed by atoms with Crippen molar-refractivity contribution in [2.24, 2.45) is 0 Å². The van der Waals surface area contributed by atoms with E-state index in [0.29, 0.717) is 17.9 Å². The fraction of sp³-hybridized carbons (Fsp3) is 0.250. The Hall–Kier alpha value is -2.44. The summed E-state index contributed by atoms with van der Waals surface area (Å²) >= 11 is 3.12. The number of carbonyl (C=O) groups is 2. The topological polar surface area (TPSA) is 52.6 Å². The molecule has 0 bridgehead atoms. The van der Waals surface area contributed by atoms with Crippen LogP contribution in [0.2, 0.25) is 0 Å². The Morgan fingerprint density at radius 1 is 0.867 bits per heavy atom. The number of ether oxygens (including phenoxy) is 2. The van der Waals surface area contributed by atoms with E-state index in [4.69, 9.17) is 9.47 Å². The molecule has 3 aromatic carbocycles. The third-order valence-electron chi connectivity index (χ3n) is 4.43. The number of esters is 2. The van der Waals surface area contributed by atoms with Gasteiger partial charge >= 0.3 is 11.9 Å². The molecule has 156 valence electrons. The number of hydrogen-bond donors (Lipinski definition) is 0. The van der Waals surface area contributed by atoms with Crippen LogP contribution in [0.4, 0.5) is 0 Å². The summed E-state index contributed by atoms with van der Waals surface area (Å²) in [4.78, 5) is 26.8. The summed E-state index contributed by atoms with van der Waals surface area (Å²) in [5, 5.41) is 1.52. The number of carbonyl (C=O) groups excluding carboxylic acids is 2. The summed E-state index contributed by atoms with van der Waals surface area (Å²) in [5.74, 6) is 0.296. The second-order valence-electron chi connectivity index (χ2n) is 6.73. The molecule has 0 aliphatic rings. The van der Waals surface area contributed by atoms with Gasteiger partial charge in [0.2, 0.25) is 0 Å². The van der Waals surface area contributed by atoms with Gasteiger partial charge in [-0.3, -0.25) is 9.59 Å². The Bertz CT molecular complexity index is 1080. The van der Waals surface area contributed by atoms with Crippen LogP contribution in [0.1, 0.15) is 32.8 Å². The van der Waals surface area contributed by atoms with E-state index in [0.717, 1.165) is 37.4 Å². The lowest BCUT2D eigenvalue weighted by atomic mass is 10.0. The summed E-state index contributed by atoms with van der Waals surface area (Å²) in [6.07, 6.45) is 3.53. The molecular formula is C24H24O4S2. The Morgan fingerprint density at radius 2 is 1.53 bits per heavy atom. The van der Waals surface area contributed by atoms with Gasteiger partial charge in [0.1, 0.15) is 5.75 Å². The molecule has 0 heterocycles. The van der Waals surface area contributed by atoms with Crippen LogP contribution in [0.3, 0.4) is 0 Å². The van der Waals surface area contributed by atoms with E-state index >= 15 is 0 Å². The van der Waals surface area contributed by atoms with Gasteiger partial charge in [-0.05, 0) is 43.0 Å². The minimum absolute atomic E-state index is 0.376. The van der Waals surface area contributed by atoms with Crippen LogP contribution in [0.25, 0.3) is 10.8 Å². The van der Waals surface area contributed by atoms with Crippen molar-refractivity contribution in [3.63, 3.8) is 0 Å². The summed E-state index contributed by atoms with van der Waals surface area (Å²) in [6, 6.07) is 15.8. The van der Waals surface area contributed by atoms with Crippen molar-refractivity contribution >= 4 is 46.2 Å². The van der Waals surface area contributed by atoms with Gasteiger partial charge in [0.15, 0.2) is 5.75 Å². The zero-order valence-corrected chi connectivity index (χ0v) is 19.1. The SMILES string of the molecule is CCCc1c(Sc2ccccc2)c(OC(C)=O)c2ccc(SC)cc2c1OC(C)=O. The molecule has 0 unspecified atom stereocenters. The average molecular weight is 441 g/mol. The molecule has 0 amide bonds. The van der Waals surface area contributed by atoms with E-state index in [2.05, 4.69) is 6.92 Å². The maximum atomic E-state index is 12.0. The molecule has 0 aromatic heterocycles. The number of hydrogen-bond acceptors (Lipinski definition) is 6. The van der Waals surface area contributed by atoms with E-state index in [9.17, 15) is 9.59 Å². The first-order chi connectivity index (χ1) is 14.4. The monoisotopic (exact) mass is 440 g/mol. The maximum absolute atomic E-state index is 12.0. The van der Waals surface area contributed by atoms with Gasteiger partial charge < -0.3 is 9.47 Å². The van der Waals surface area contributed by atoms with Gasteiger partial charge in [-0.2, -0.15) is 0 Å². The van der Waals surface area contributed by atoms with E-state index in [1.54, 1.807) is 11.8 Å². The first-order valence-corrected chi connectivity index (χ1v) is 11.7. The van der Waals surface area contributed by atoms with Crippen molar-refractivity contribution in [3.8, 4) is 11.5 Å². The third kappa shape index (κ3) is 4.99. The molecule has 0 atom stereocenters. The molecule has 0 fully saturated rings. The second kappa shape index (κ2) is 10.0. The highest BCUT2D eigenvalue weighted by molar-refractivity contribution is 7.99. The van der Waals surface area contributed by atoms with Crippen molar-refractivity contribution in [3.05, 3.63) is 54.1 Å². The average Bonchev–Trinajstić information content (AvgIpc) is 2.72. The van der Waals surface area contributed by atoms with Crippen LogP contribution >= 0.6 is 23.5 Å². The highest BCUT2D eigenvalue weighted by Crippen LogP contribution is 2.49. The van der Waals surface area contributed by atoms with Crippen LogP contribution in [-0.4, -0.2) is 18.2 Å². The van der Waals surface area contributed by atoms with Gasteiger partial charge in [0.05, 0.1) is 4.90 Å². The van der Waals surface area contributed by atoms with Gasteiger partial charge in [0.25, 0.3) is 0 Å². The largest absolute Gasteiger partial charge is 0.426 e. The molecule has 3 aromatic rings. The quantitative estimate of drug-likeness (QED) is 0.237. The molecule has 0 N–H and O–H groups in total. The van der Waals surface area contributed by atoms with E-state index in [1.165, 1.54) is 25.6 Å². The van der Waals surface area contributed by atoms with Crippen LogP contribution in [-0.2, 0) is 16.0 Å². The van der Waals surface area contributed by atoms with Crippen LogP contribution in [0, 0.1) is 0 Å². The van der Waals surface area contributed by atoms with Crippen molar-refractivity contribution < 1.29 is 19.1 Å². The predicted octanol–water partition coefficient (Wildman–Crippen LogP) is 6.52. The number of rotatable bonds is 7. The molecule has 0 spiro atoms. The standard InChI is InChI=1S/C24H24O4S2/c1-5-9-20-22(27-15(2)25)21-14-18(29-4)12-13-19(21)23(28-16(3)26)24(20)30-17-10-7-6-8-11-17/h6-8,10-14H,5,9H2,1-4H3. The lowest BCUT2D eigenvalue weighted by Gasteiger charge is -2.21. The Labute approximate surface area is 185 Å². The van der Waals surface area contributed by atoms with Crippen molar-refractivity contribution in [2.75, 3.05) is 6.26 Å². The molecule has 0 radical (unpaired) electrons. The molecule has 30 heavy (non-hydrogen) atoms. The van der Waals surface area contributed by atoms with Gasteiger partial charge in [-0.25, -0.2) is 0 Å². The maximum Gasteiger partial charge on any atom is 0.308 e. The number of thioether (sulfide) groups is 1. The Kier molecular flexibility index (Phi) is 7.45. The van der Waals surface area contributed by atoms with E-state index in [-0.39, 0.29) is 11.9 Å².